The molecule has 0 bridgehead atoms. The Kier molecular flexibility index (Phi) is 12.4. The van der Waals surface area contributed by atoms with Crippen molar-refractivity contribution in [2.75, 3.05) is 20.3 Å². The summed E-state index contributed by atoms with van der Waals surface area (Å²) in [6.45, 7) is 16.9. The summed E-state index contributed by atoms with van der Waals surface area (Å²) in [4.78, 5) is 6.07. The Hall–Kier alpha value is -2.50. The lowest BCUT2D eigenvalue weighted by molar-refractivity contribution is 0.101. The van der Waals surface area contributed by atoms with E-state index in [0.29, 0.717) is 42.2 Å². The van der Waals surface area contributed by atoms with Gasteiger partial charge in [-0.15, -0.1) is 0 Å². The highest BCUT2D eigenvalue weighted by atomic mass is 79.9. The van der Waals surface area contributed by atoms with Crippen LogP contribution >= 0.6 is 27.7 Å². The van der Waals surface area contributed by atoms with Gasteiger partial charge in [0.05, 0.1) is 24.8 Å². The van der Waals surface area contributed by atoms with E-state index in [-0.39, 0.29) is 22.8 Å². The van der Waals surface area contributed by atoms with Crippen molar-refractivity contribution in [3.63, 3.8) is 0 Å². The average molecular weight is 836 g/mol. The minimum atomic E-state index is -2.09. The van der Waals surface area contributed by atoms with Crippen LogP contribution in [0.25, 0.3) is 0 Å². The fourth-order valence-corrected chi connectivity index (χ4v) is 17.2. The number of rotatable bonds is 16. The zero-order valence-electron chi connectivity index (χ0n) is 33.2. The van der Waals surface area contributed by atoms with Gasteiger partial charge >= 0.3 is 0 Å². The second-order valence-electron chi connectivity index (χ2n) is 16.8. The minimum Gasteiger partial charge on any atom is -0.497 e. The van der Waals surface area contributed by atoms with E-state index >= 15 is 0 Å². The van der Waals surface area contributed by atoms with Crippen LogP contribution in [0.15, 0.2) is 70.3 Å². The lowest BCUT2D eigenvalue weighted by atomic mass is 9.64. The zero-order valence-corrected chi connectivity index (χ0v) is 36.6. The van der Waals surface area contributed by atoms with Gasteiger partial charge in [0.25, 0.3) is 0 Å². The Balaban J connectivity index is 1.27. The standard InChI is InChI=1S/C44H59BrN2O5SSi/c1-28(2)54(29(3)4,30(5)6)51-26-36-22-44-39(52-43-41(44)34(23-46-36)19-38(42(43)45)49-24-32-13-14-32)20-35(47-50-25-31-11-9-8-10-12-31)21-40(44)53-27-33-15-17-37(48-7)18-16-33/h8-12,15-19,28-30,32,36,39-40,46H,13-14,20-27H2,1-7H3/b47-35+/t36-,39+,40+,44+/m0/s1. The third kappa shape index (κ3) is 8.02. The molecule has 0 unspecified atom stereocenters. The largest absolute Gasteiger partial charge is 0.497 e. The maximum Gasteiger partial charge on any atom is 0.200 e. The van der Waals surface area contributed by atoms with Gasteiger partial charge in [0, 0.05) is 48.6 Å². The van der Waals surface area contributed by atoms with Gasteiger partial charge in [-0.25, -0.2) is 0 Å². The SMILES string of the molecule is COc1ccc(CS[C@@H]2C/C(=N/OCc3ccccc3)C[C@H]3Oc4c(Br)c(OCC5CC5)cc5c4[C@]32C[C@@H](CO[Si](C(C)C)(C(C)C)C(C)C)NC5)cc1. The lowest BCUT2D eigenvalue weighted by Crippen LogP contribution is -2.56. The molecule has 0 aromatic heterocycles. The quantitative estimate of drug-likeness (QED) is 0.114. The Morgan fingerprint density at radius 2 is 1.67 bits per heavy atom. The molecular weight excluding hydrogens is 777 g/mol. The third-order valence-corrected chi connectivity index (χ3v) is 20.8. The van der Waals surface area contributed by atoms with Crippen LogP contribution in [0.5, 0.6) is 17.2 Å². The fourth-order valence-electron chi connectivity index (χ4n) is 9.65. The summed E-state index contributed by atoms with van der Waals surface area (Å²) >= 11 is 6.04. The van der Waals surface area contributed by atoms with E-state index in [2.05, 4.69) is 105 Å². The van der Waals surface area contributed by atoms with Crippen molar-refractivity contribution < 1.29 is 23.5 Å². The summed E-state index contributed by atoms with van der Waals surface area (Å²) in [5.41, 5.74) is 7.34. The molecule has 2 aliphatic carbocycles. The van der Waals surface area contributed by atoms with Crippen LogP contribution in [0.2, 0.25) is 16.6 Å². The van der Waals surface area contributed by atoms with Gasteiger partial charge in [-0.3, -0.25) is 0 Å². The first-order chi connectivity index (χ1) is 26.0. The maximum absolute atomic E-state index is 7.36. The number of ether oxygens (including phenoxy) is 3. The highest BCUT2D eigenvalue weighted by Crippen LogP contribution is 2.61. The molecule has 2 saturated carbocycles. The molecule has 4 atom stereocenters. The van der Waals surface area contributed by atoms with Gasteiger partial charge in [0.15, 0.2) is 8.32 Å². The maximum atomic E-state index is 7.36. The number of nitrogens with one attached hydrogen (secondary N) is 1. The summed E-state index contributed by atoms with van der Waals surface area (Å²) < 4.78 is 27.5. The van der Waals surface area contributed by atoms with E-state index < -0.39 is 8.32 Å². The Bertz CT molecular complexity index is 1750. The van der Waals surface area contributed by atoms with Crippen LogP contribution in [0, 0.1) is 5.92 Å². The third-order valence-electron chi connectivity index (χ3n) is 12.4. The first kappa shape index (κ1) is 39.7. The van der Waals surface area contributed by atoms with E-state index in [9.17, 15) is 0 Å². The number of methoxy groups -OCH3 is 1. The van der Waals surface area contributed by atoms with Crippen LogP contribution in [0.4, 0.5) is 0 Å². The normalized spacial score (nSPS) is 24.4. The van der Waals surface area contributed by atoms with E-state index in [4.69, 9.17) is 28.6 Å². The lowest BCUT2D eigenvalue weighted by Gasteiger charge is -2.47. The molecule has 2 aliphatic heterocycles. The summed E-state index contributed by atoms with van der Waals surface area (Å²) in [7, 11) is -0.374. The van der Waals surface area contributed by atoms with E-state index in [1.165, 1.54) is 29.5 Å². The van der Waals surface area contributed by atoms with Gasteiger partial charge in [0.2, 0.25) is 0 Å². The number of nitrogens with zero attached hydrogens (tertiary/aromatic N) is 1. The Morgan fingerprint density at radius 3 is 2.33 bits per heavy atom. The summed E-state index contributed by atoms with van der Waals surface area (Å²) in [6, 6.07) is 21.2. The van der Waals surface area contributed by atoms with Crippen LogP contribution in [0.3, 0.4) is 0 Å². The molecule has 7 nitrogen and oxygen atoms in total. The molecular formula is C44H59BrN2O5SSi. The van der Waals surface area contributed by atoms with E-state index in [1.807, 2.05) is 30.0 Å². The molecule has 0 saturated heterocycles. The predicted molar refractivity (Wildman–Crippen MR) is 227 cm³/mol. The van der Waals surface area contributed by atoms with Crippen LogP contribution in [-0.2, 0) is 33.6 Å². The van der Waals surface area contributed by atoms with Gasteiger partial charge in [-0.2, -0.15) is 11.8 Å². The van der Waals surface area contributed by atoms with Crippen molar-refractivity contribution in [1.29, 1.82) is 0 Å². The molecule has 292 valence electrons. The molecule has 0 radical (unpaired) electrons. The highest BCUT2D eigenvalue weighted by molar-refractivity contribution is 9.10. The van der Waals surface area contributed by atoms with Gasteiger partial charge in [0.1, 0.15) is 34.4 Å². The average Bonchev–Trinajstić information content (AvgIpc) is 3.95. The van der Waals surface area contributed by atoms with Crippen molar-refractivity contribution in [3.8, 4) is 17.2 Å². The number of halogens is 1. The molecule has 3 aromatic rings. The molecule has 2 fully saturated rings. The number of thioether (sulfide) groups is 1. The molecule has 4 aliphatic rings. The molecule has 3 aromatic carbocycles. The summed E-state index contributed by atoms with van der Waals surface area (Å²) in [6.07, 6.45) is 4.84. The number of hydrogen-bond acceptors (Lipinski definition) is 8. The minimum absolute atomic E-state index is 0.105. The molecule has 7 rings (SSSR count). The fraction of sp³-hybridized carbons (Fsp3) is 0.568. The van der Waals surface area contributed by atoms with Crippen molar-refractivity contribution in [2.45, 2.75) is 132 Å². The van der Waals surface area contributed by atoms with Gasteiger partial charge < -0.3 is 28.8 Å². The number of benzene rings is 3. The molecule has 1 spiro atoms. The number of hydrogen-bond donors (Lipinski definition) is 1. The molecule has 1 N–H and O–H groups in total. The van der Waals surface area contributed by atoms with Crippen molar-refractivity contribution in [1.82, 2.24) is 5.32 Å². The molecule has 10 heteroatoms. The van der Waals surface area contributed by atoms with Crippen molar-refractivity contribution >= 4 is 41.7 Å². The van der Waals surface area contributed by atoms with Crippen LogP contribution < -0.4 is 19.5 Å². The Morgan fingerprint density at radius 1 is 0.944 bits per heavy atom. The zero-order chi connectivity index (χ0) is 38.0. The Labute approximate surface area is 336 Å². The van der Waals surface area contributed by atoms with Crippen LogP contribution in [0.1, 0.15) is 95.9 Å². The first-order valence-corrected chi connectivity index (χ1v) is 24.0. The van der Waals surface area contributed by atoms with Crippen LogP contribution in [-0.4, -0.2) is 51.7 Å². The van der Waals surface area contributed by atoms with Crippen molar-refractivity contribution in [2.24, 2.45) is 11.1 Å². The first-order valence-electron chi connectivity index (χ1n) is 20.0. The molecule has 54 heavy (non-hydrogen) atoms. The predicted octanol–water partition coefficient (Wildman–Crippen LogP) is 11.0. The van der Waals surface area contributed by atoms with Gasteiger partial charge in [-0.05, 0) is 92.6 Å². The van der Waals surface area contributed by atoms with E-state index in [1.54, 1.807) is 7.11 Å². The monoisotopic (exact) mass is 834 g/mol. The summed E-state index contributed by atoms with van der Waals surface area (Å²) in [5, 5.41) is 9.06. The van der Waals surface area contributed by atoms with Gasteiger partial charge in [-0.1, -0.05) is 89.2 Å². The second kappa shape index (κ2) is 16.9. The molecule has 2 heterocycles. The topological polar surface area (TPSA) is 70.5 Å². The highest BCUT2D eigenvalue weighted by Gasteiger charge is 2.60. The number of oxime groups is 1. The van der Waals surface area contributed by atoms with Crippen molar-refractivity contribution in [3.05, 3.63) is 87.4 Å². The summed E-state index contributed by atoms with van der Waals surface area (Å²) in [5.74, 6) is 4.23. The molecule has 0 amide bonds. The smallest absolute Gasteiger partial charge is 0.200 e. The second-order valence-corrected chi connectivity index (χ2v) is 24.3. The van der Waals surface area contributed by atoms with E-state index in [0.717, 1.165) is 64.7 Å².